The fraction of sp³-hybridized carbons (Fsp3) is 0.400. The van der Waals surface area contributed by atoms with Crippen LogP contribution in [0.1, 0.15) is 23.2 Å². The predicted molar refractivity (Wildman–Crippen MR) is 81.9 cm³/mol. The number of nitrogens with zero attached hydrogens (tertiary/aromatic N) is 3. The van der Waals surface area contributed by atoms with Crippen LogP contribution in [-0.4, -0.2) is 27.4 Å². The van der Waals surface area contributed by atoms with E-state index in [1.165, 1.54) is 0 Å². The maximum absolute atomic E-state index is 12.0. The molecule has 6 heteroatoms. The molecule has 0 radical (unpaired) electrons. The first-order chi connectivity index (χ1) is 10.1. The number of nitrogens with two attached hydrogens (primary N) is 1. The highest BCUT2D eigenvalue weighted by molar-refractivity contribution is 5.91. The Morgan fingerprint density at radius 1 is 1.38 bits per heavy atom. The molecule has 0 aliphatic heterocycles. The number of anilines is 1. The summed E-state index contributed by atoms with van der Waals surface area (Å²) in [6.45, 7) is 4.74. The van der Waals surface area contributed by atoms with Gasteiger partial charge in [0.2, 0.25) is 5.91 Å². The fourth-order valence-electron chi connectivity index (χ4n) is 2.02. The first-order valence-electron chi connectivity index (χ1n) is 7.04. The van der Waals surface area contributed by atoms with Crippen molar-refractivity contribution in [3.05, 3.63) is 41.2 Å². The van der Waals surface area contributed by atoms with Crippen LogP contribution >= 0.6 is 0 Å². The Kier molecular flexibility index (Phi) is 5.05. The highest BCUT2D eigenvalue weighted by Crippen LogP contribution is 2.16. The van der Waals surface area contributed by atoms with Crippen molar-refractivity contribution in [3.63, 3.8) is 0 Å². The summed E-state index contributed by atoms with van der Waals surface area (Å²) < 4.78 is 1.55. The number of hydrogen-bond acceptors (Lipinski definition) is 4. The van der Waals surface area contributed by atoms with Crippen molar-refractivity contribution in [1.82, 2.24) is 15.0 Å². The Hall–Kier alpha value is -2.21. The lowest BCUT2D eigenvalue weighted by molar-refractivity contribution is -0.116. The standard InChI is InChI=1S/C15H21N5O/c1-11-5-6-12(2)14(8-11)17-15(21)10-20-9-13(18-19-20)4-3-7-16/h5-6,8-9H,3-4,7,10,16H2,1-2H3,(H,17,21). The zero-order chi connectivity index (χ0) is 15.2. The molecule has 0 fully saturated rings. The van der Waals surface area contributed by atoms with Gasteiger partial charge in [-0.05, 0) is 50.4 Å². The van der Waals surface area contributed by atoms with Crippen LogP contribution in [0.4, 0.5) is 5.69 Å². The molecule has 0 atom stereocenters. The molecule has 1 heterocycles. The zero-order valence-electron chi connectivity index (χ0n) is 12.5. The van der Waals surface area contributed by atoms with Crippen molar-refractivity contribution in [2.45, 2.75) is 33.2 Å². The van der Waals surface area contributed by atoms with Crippen molar-refractivity contribution in [3.8, 4) is 0 Å². The highest BCUT2D eigenvalue weighted by Gasteiger charge is 2.08. The number of hydrogen-bond donors (Lipinski definition) is 2. The number of amides is 1. The van der Waals surface area contributed by atoms with Gasteiger partial charge in [0.05, 0.1) is 5.69 Å². The SMILES string of the molecule is Cc1ccc(C)c(NC(=O)Cn2cc(CCCN)nn2)c1. The van der Waals surface area contributed by atoms with Crippen LogP contribution in [0, 0.1) is 13.8 Å². The molecule has 0 saturated carbocycles. The molecule has 0 aliphatic carbocycles. The number of benzene rings is 1. The molecule has 0 unspecified atom stereocenters. The van der Waals surface area contributed by atoms with Gasteiger partial charge in [-0.1, -0.05) is 17.3 Å². The van der Waals surface area contributed by atoms with Crippen LogP contribution in [0.25, 0.3) is 0 Å². The van der Waals surface area contributed by atoms with Crippen molar-refractivity contribution < 1.29 is 4.79 Å². The lowest BCUT2D eigenvalue weighted by Gasteiger charge is -2.09. The molecular formula is C15H21N5O. The molecule has 1 amide bonds. The van der Waals surface area contributed by atoms with E-state index in [4.69, 9.17) is 5.73 Å². The third-order valence-corrected chi connectivity index (χ3v) is 3.20. The number of carbonyl (C=O) groups is 1. The van der Waals surface area contributed by atoms with Crippen LogP contribution in [0.15, 0.2) is 24.4 Å². The van der Waals surface area contributed by atoms with Gasteiger partial charge in [-0.15, -0.1) is 5.10 Å². The van der Waals surface area contributed by atoms with E-state index in [9.17, 15) is 4.79 Å². The van der Waals surface area contributed by atoms with E-state index in [1.54, 1.807) is 10.9 Å². The van der Waals surface area contributed by atoms with Crippen molar-refractivity contribution in [1.29, 1.82) is 0 Å². The van der Waals surface area contributed by atoms with Crippen LogP contribution in [0.5, 0.6) is 0 Å². The highest BCUT2D eigenvalue weighted by atomic mass is 16.2. The summed E-state index contributed by atoms with van der Waals surface area (Å²) in [4.78, 5) is 12.0. The summed E-state index contributed by atoms with van der Waals surface area (Å²) in [7, 11) is 0. The van der Waals surface area contributed by atoms with Gasteiger partial charge >= 0.3 is 0 Å². The van der Waals surface area contributed by atoms with Gasteiger partial charge in [-0.25, -0.2) is 4.68 Å². The minimum Gasteiger partial charge on any atom is -0.330 e. The summed E-state index contributed by atoms with van der Waals surface area (Å²) >= 11 is 0. The minimum atomic E-state index is -0.112. The van der Waals surface area contributed by atoms with Gasteiger partial charge in [0, 0.05) is 11.9 Å². The summed E-state index contributed by atoms with van der Waals surface area (Å²) in [5.74, 6) is -0.112. The predicted octanol–water partition coefficient (Wildman–Crippen LogP) is 1.42. The molecule has 3 N–H and O–H groups in total. The van der Waals surface area contributed by atoms with E-state index in [0.29, 0.717) is 6.54 Å². The Labute approximate surface area is 124 Å². The molecule has 0 saturated heterocycles. The van der Waals surface area contributed by atoms with E-state index >= 15 is 0 Å². The molecule has 1 aromatic heterocycles. The van der Waals surface area contributed by atoms with Crippen LogP contribution in [0.3, 0.4) is 0 Å². The van der Waals surface area contributed by atoms with E-state index in [2.05, 4.69) is 15.6 Å². The normalized spacial score (nSPS) is 10.6. The van der Waals surface area contributed by atoms with Gasteiger partial charge < -0.3 is 11.1 Å². The first-order valence-corrected chi connectivity index (χ1v) is 7.04. The van der Waals surface area contributed by atoms with Crippen LogP contribution < -0.4 is 11.1 Å². The molecule has 2 aromatic rings. The maximum atomic E-state index is 12.0. The topological polar surface area (TPSA) is 85.8 Å². The van der Waals surface area contributed by atoms with E-state index in [0.717, 1.165) is 35.3 Å². The molecule has 0 spiro atoms. The van der Waals surface area contributed by atoms with Crippen molar-refractivity contribution in [2.75, 3.05) is 11.9 Å². The van der Waals surface area contributed by atoms with Crippen molar-refractivity contribution in [2.24, 2.45) is 5.73 Å². The molecule has 21 heavy (non-hydrogen) atoms. The number of aryl methyl sites for hydroxylation is 3. The van der Waals surface area contributed by atoms with Gasteiger partial charge in [0.1, 0.15) is 6.54 Å². The molecule has 2 rings (SSSR count). The summed E-state index contributed by atoms with van der Waals surface area (Å²) in [6, 6.07) is 5.97. The lowest BCUT2D eigenvalue weighted by atomic mass is 10.1. The zero-order valence-corrected chi connectivity index (χ0v) is 12.5. The summed E-state index contributed by atoms with van der Waals surface area (Å²) in [5.41, 5.74) is 9.30. The smallest absolute Gasteiger partial charge is 0.246 e. The molecule has 0 bridgehead atoms. The third kappa shape index (κ3) is 4.39. The Morgan fingerprint density at radius 2 is 2.19 bits per heavy atom. The Balaban J connectivity index is 1.95. The average molecular weight is 287 g/mol. The van der Waals surface area contributed by atoms with Crippen molar-refractivity contribution >= 4 is 11.6 Å². The van der Waals surface area contributed by atoms with Gasteiger partial charge in [-0.3, -0.25) is 4.79 Å². The quantitative estimate of drug-likeness (QED) is 0.841. The average Bonchev–Trinajstić information content (AvgIpc) is 2.88. The second kappa shape index (κ2) is 6.99. The van der Waals surface area contributed by atoms with Crippen LogP contribution in [0.2, 0.25) is 0 Å². The maximum Gasteiger partial charge on any atom is 0.246 e. The summed E-state index contributed by atoms with van der Waals surface area (Å²) in [6.07, 6.45) is 3.45. The number of aromatic nitrogens is 3. The molecule has 6 nitrogen and oxygen atoms in total. The Morgan fingerprint density at radius 3 is 2.95 bits per heavy atom. The van der Waals surface area contributed by atoms with E-state index < -0.39 is 0 Å². The summed E-state index contributed by atoms with van der Waals surface area (Å²) in [5, 5.41) is 10.9. The largest absolute Gasteiger partial charge is 0.330 e. The fourth-order valence-corrected chi connectivity index (χ4v) is 2.02. The van der Waals surface area contributed by atoms with Gasteiger partial charge in [0.25, 0.3) is 0 Å². The van der Waals surface area contributed by atoms with E-state index in [-0.39, 0.29) is 12.5 Å². The minimum absolute atomic E-state index is 0.112. The number of rotatable bonds is 6. The molecule has 112 valence electrons. The van der Waals surface area contributed by atoms with Crippen LogP contribution in [-0.2, 0) is 17.8 Å². The second-order valence-electron chi connectivity index (χ2n) is 5.17. The molecule has 1 aromatic carbocycles. The van der Waals surface area contributed by atoms with Gasteiger partial charge in [-0.2, -0.15) is 0 Å². The number of carbonyl (C=O) groups excluding carboxylic acids is 1. The van der Waals surface area contributed by atoms with Gasteiger partial charge in [0.15, 0.2) is 0 Å². The number of nitrogens with one attached hydrogen (secondary N) is 1. The monoisotopic (exact) mass is 287 g/mol. The lowest BCUT2D eigenvalue weighted by Crippen LogP contribution is -2.19. The molecule has 0 aliphatic rings. The van der Waals surface area contributed by atoms with E-state index in [1.807, 2.05) is 32.0 Å². The second-order valence-corrected chi connectivity index (χ2v) is 5.17. The third-order valence-electron chi connectivity index (χ3n) is 3.20. The molecular weight excluding hydrogens is 266 g/mol. The Bertz CT molecular complexity index is 620. The first kappa shape index (κ1) is 15.2.